The predicted molar refractivity (Wildman–Crippen MR) is 61.4 cm³/mol. The van der Waals surface area contributed by atoms with Gasteiger partial charge in [0.15, 0.2) is 11.5 Å². The van der Waals surface area contributed by atoms with Crippen LogP contribution in [0.3, 0.4) is 0 Å². The van der Waals surface area contributed by atoms with Crippen LogP contribution in [0.25, 0.3) is 0 Å². The third-order valence-electron chi connectivity index (χ3n) is 1.98. The molecule has 16 heavy (non-hydrogen) atoms. The first kappa shape index (κ1) is 11.4. The summed E-state index contributed by atoms with van der Waals surface area (Å²) in [4.78, 5) is 10.4. The Morgan fingerprint density at radius 3 is 3.06 bits per heavy atom. The van der Waals surface area contributed by atoms with Crippen molar-refractivity contribution in [2.45, 2.75) is 5.75 Å². The van der Waals surface area contributed by atoms with Crippen LogP contribution in [0.4, 0.5) is 0 Å². The first-order valence-electron chi connectivity index (χ1n) is 4.54. The molecule has 0 radical (unpaired) electrons. The Hall–Kier alpha value is -1.07. The number of fused-ring (bicyclic) bond motifs is 1. The lowest BCUT2D eigenvalue weighted by Gasteiger charge is -2.04. The molecule has 4 nitrogen and oxygen atoms in total. The minimum atomic E-state index is -0.822. The average Bonchev–Trinajstić information content (AvgIpc) is 2.65. The Balaban J connectivity index is 2.05. The minimum absolute atomic E-state index is 0.0755. The van der Waals surface area contributed by atoms with Crippen molar-refractivity contribution in [3.8, 4) is 11.5 Å². The molecule has 1 N–H and O–H groups in total. The van der Waals surface area contributed by atoms with Crippen molar-refractivity contribution < 1.29 is 19.4 Å². The molecule has 0 saturated carbocycles. The molecule has 86 valence electrons. The van der Waals surface area contributed by atoms with Crippen LogP contribution in [-0.4, -0.2) is 23.6 Å². The predicted octanol–water partition coefficient (Wildman–Crippen LogP) is 2.39. The molecule has 0 fully saturated rings. The van der Waals surface area contributed by atoms with Gasteiger partial charge in [-0.15, -0.1) is 11.8 Å². The lowest BCUT2D eigenvalue weighted by atomic mass is 10.2. The van der Waals surface area contributed by atoms with E-state index >= 15 is 0 Å². The smallest absolute Gasteiger partial charge is 0.313 e. The number of hydrogen-bond acceptors (Lipinski definition) is 4. The standard InChI is InChI=1S/C10H9ClO4S/c11-7-1-6(3-16-4-9(12)13)2-8-10(7)15-5-14-8/h1-2H,3-5H2,(H,12,13). The summed E-state index contributed by atoms with van der Waals surface area (Å²) in [6.45, 7) is 0.181. The van der Waals surface area contributed by atoms with Crippen LogP contribution in [-0.2, 0) is 10.5 Å². The van der Waals surface area contributed by atoms with E-state index in [1.54, 1.807) is 6.07 Å². The monoisotopic (exact) mass is 260 g/mol. The van der Waals surface area contributed by atoms with Gasteiger partial charge >= 0.3 is 5.97 Å². The Morgan fingerprint density at radius 2 is 2.31 bits per heavy atom. The molecule has 0 spiro atoms. The molecule has 0 unspecified atom stereocenters. The van der Waals surface area contributed by atoms with Gasteiger partial charge in [-0.2, -0.15) is 0 Å². The van der Waals surface area contributed by atoms with E-state index in [0.29, 0.717) is 22.3 Å². The van der Waals surface area contributed by atoms with E-state index in [0.717, 1.165) is 5.56 Å². The highest BCUT2D eigenvalue weighted by Crippen LogP contribution is 2.40. The first-order chi connectivity index (χ1) is 7.66. The summed E-state index contributed by atoms with van der Waals surface area (Å²) < 4.78 is 10.4. The summed E-state index contributed by atoms with van der Waals surface area (Å²) in [6.07, 6.45) is 0. The topological polar surface area (TPSA) is 55.8 Å². The number of aliphatic carboxylic acids is 1. The molecule has 0 aliphatic carbocycles. The number of hydrogen-bond donors (Lipinski definition) is 1. The molecule has 0 saturated heterocycles. The van der Waals surface area contributed by atoms with Gasteiger partial charge in [0.1, 0.15) is 0 Å². The van der Waals surface area contributed by atoms with Crippen molar-refractivity contribution in [2.24, 2.45) is 0 Å². The molecule has 0 aromatic heterocycles. The molecule has 0 atom stereocenters. The zero-order chi connectivity index (χ0) is 11.5. The normalized spacial score (nSPS) is 12.8. The van der Waals surface area contributed by atoms with Gasteiger partial charge in [0.05, 0.1) is 10.8 Å². The zero-order valence-electron chi connectivity index (χ0n) is 8.23. The first-order valence-corrected chi connectivity index (χ1v) is 6.07. The van der Waals surface area contributed by atoms with Gasteiger partial charge in [0, 0.05) is 5.75 Å². The van der Waals surface area contributed by atoms with Gasteiger partial charge < -0.3 is 14.6 Å². The Morgan fingerprint density at radius 1 is 1.50 bits per heavy atom. The van der Waals surface area contributed by atoms with Gasteiger partial charge in [-0.25, -0.2) is 0 Å². The third kappa shape index (κ3) is 2.54. The van der Waals surface area contributed by atoms with E-state index in [9.17, 15) is 4.79 Å². The number of benzene rings is 1. The third-order valence-corrected chi connectivity index (χ3v) is 3.25. The van der Waals surface area contributed by atoms with Crippen molar-refractivity contribution in [2.75, 3.05) is 12.5 Å². The van der Waals surface area contributed by atoms with Crippen LogP contribution >= 0.6 is 23.4 Å². The lowest BCUT2D eigenvalue weighted by Crippen LogP contribution is -1.98. The number of thioether (sulfide) groups is 1. The van der Waals surface area contributed by atoms with Crippen molar-refractivity contribution in [3.05, 3.63) is 22.7 Å². The van der Waals surface area contributed by atoms with E-state index in [2.05, 4.69) is 0 Å². The Labute approximate surface area is 101 Å². The molecule has 1 aliphatic rings. The molecule has 1 aromatic rings. The fourth-order valence-corrected chi connectivity index (χ4v) is 2.33. The molecule has 6 heteroatoms. The fourth-order valence-electron chi connectivity index (χ4n) is 1.36. The molecular weight excluding hydrogens is 252 g/mol. The SMILES string of the molecule is O=C(O)CSCc1cc(Cl)c2c(c1)OCO2. The molecule has 2 rings (SSSR count). The van der Waals surface area contributed by atoms with E-state index < -0.39 is 5.97 Å². The number of carboxylic acid groups (broad SMARTS) is 1. The second kappa shape index (κ2) is 4.84. The fraction of sp³-hybridized carbons (Fsp3) is 0.300. The maximum atomic E-state index is 10.4. The van der Waals surface area contributed by atoms with Gasteiger partial charge in [-0.05, 0) is 17.7 Å². The maximum absolute atomic E-state index is 10.4. The van der Waals surface area contributed by atoms with Crippen molar-refractivity contribution >= 4 is 29.3 Å². The molecule has 0 bridgehead atoms. The number of rotatable bonds is 4. The second-order valence-electron chi connectivity index (χ2n) is 3.20. The highest BCUT2D eigenvalue weighted by Gasteiger charge is 2.18. The van der Waals surface area contributed by atoms with Gasteiger partial charge in [-0.3, -0.25) is 4.79 Å². The largest absolute Gasteiger partial charge is 0.481 e. The van der Waals surface area contributed by atoms with Crippen LogP contribution in [0, 0.1) is 0 Å². The summed E-state index contributed by atoms with van der Waals surface area (Å²) in [5.74, 6) is 1.03. The van der Waals surface area contributed by atoms with E-state index in [1.807, 2.05) is 6.07 Å². The highest BCUT2D eigenvalue weighted by atomic mass is 35.5. The Kier molecular flexibility index (Phi) is 3.46. The van der Waals surface area contributed by atoms with Crippen molar-refractivity contribution in [1.82, 2.24) is 0 Å². The molecule has 1 heterocycles. The second-order valence-corrected chi connectivity index (χ2v) is 4.59. The van der Waals surface area contributed by atoms with Crippen LogP contribution in [0.1, 0.15) is 5.56 Å². The minimum Gasteiger partial charge on any atom is -0.481 e. The summed E-state index contributed by atoms with van der Waals surface area (Å²) in [7, 11) is 0. The van der Waals surface area contributed by atoms with Crippen LogP contribution in [0.2, 0.25) is 5.02 Å². The number of ether oxygens (including phenoxy) is 2. The van der Waals surface area contributed by atoms with Gasteiger partial charge in [-0.1, -0.05) is 11.6 Å². The molecule has 0 amide bonds. The number of carboxylic acids is 1. The molecular formula is C10H9ClO4S. The summed E-state index contributed by atoms with van der Waals surface area (Å²) in [5.41, 5.74) is 0.931. The number of carbonyl (C=O) groups is 1. The average molecular weight is 261 g/mol. The molecule has 1 aromatic carbocycles. The number of halogens is 1. The summed E-state index contributed by atoms with van der Waals surface area (Å²) in [5, 5.41) is 9.01. The summed E-state index contributed by atoms with van der Waals surface area (Å²) >= 11 is 7.30. The maximum Gasteiger partial charge on any atom is 0.313 e. The highest BCUT2D eigenvalue weighted by molar-refractivity contribution is 7.99. The van der Waals surface area contributed by atoms with E-state index in [-0.39, 0.29) is 12.5 Å². The van der Waals surface area contributed by atoms with Crippen LogP contribution < -0.4 is 9.47 Å². The van der Waals surface area contributed by atoms with E-state index in [1.165, 1.54) is 11.8 Å². The van der Waals surface area contributed by atoms with Crippen molar-refractivity contribution in [3.63, 3.8) is 0 Å². The quantitative estimate of drug-likeness (QED) is 0.901. The van der Waals surface area contributed by atoms with Gasteiger partial charge in [0.2, 0.25) is 6.79 Å². The van der Waals surface area contributed by atoms with Crippen molar-refractivity contribution in [1.29, 1.82) is 0 Å². The molecule has 1 aliphatic heterocycles. The van der Waals surface area contributed by atoms with Crippen LogP contribution in [0.5, 0.6) is 11.5 Å². The Bertz CT molecular complexity index is 422. The summed E-state index contributed by atoms with van der Waals surface area (Å²) in [6, 6.07) is 3.59. The van der Waals surface area contributed by atoms with E-state index in [4.69, 9.17) is 26.2 Å². The van der Waals surface area contributed by atoms with Gasteiger partial charge in [0.25, 0.3) is 0 Å². The van der Waals surface area contributed by atoms with Crippen LogP contribution in [0.15, 0.2) is 12.1 Å². The zero-order valence-corrected chi connectivity index (χ0v) is 9.81. The lowest BCUT2D eigenvalue weighted by molar-refractivity contribution is -0.133.